The van der Waals surface area contributed by atoms with E-state index < -0.39 is 0 Å². The molecular formula is C21H17FN4O. The molecule has 0 aliphatic carbocycles. The van der Waals surface area contributed by atoms with Crippen LogP contribution < -0.4 is 10.6 Å². The fraction of sp³-hybridized carbons (Fsp3) is 0.0476. The highest BCUT2D eigenvalue weighted by Crippen LogP contribution is 2.20. The Hall–Kier alpha value is -3.67. The van der Waals surface area contributed by atoms with Crippen molar-refractivity contribution in [3.63, 3.8) is 0 Å². The molecule has 0 spiro atoms. The van der Waals surface area contributed by atoms with Crippen molar-refractivity contribution in [1.29, 1.82) is 0 Å². The molecule has 5 nitrogen and oxygen atoms in total. The van der Waals surface area contributed by atoms with Crippen molar-refractivity contribution >= 4 is 34.0 Å². The van der Waals surface area contributed by atoms with E-state index in [1.807, 2.05) is 30.5 Å². The monoisotopic (exact) mass is 360 g/mol. The van der Waals surface area contributed by atoms with E-state index in [-0.39, 0.29) is 18.1 Å². The number of hydrogen-bond donors (Lipinski definition) is 3. The normalized spacial score (nSPS) is 10.7. The van der Waals surface area contributed by atoms with Gasteiger partial charge in [-0.15, -0.1) is 0 Å². The smallest absolute Gasteiger partial charge is 0.228 e. The third-order valence-electron chi connectivity index (χ3n) is 4.21. The van der Waals surface area contributed by atoms with Crippen LogP contribution >= 0.6 is 0 Å². The molecule has 1 amide bonds. The van der Waals surface area contributed by atoms with E-state index >= 15 is 0 Å². The molecule has 3 N–H and O–H groups in total. The fourth-order valence-corrected chi connectivity index (χ4v) is 2.90. The predicted molar refractivity (Wildman–Crippen MR) is 105 cm³/mol. The summed E-state index contributed by atoms with van der Waals surface area (Å²) in [5.74, 6) is 0.0153. The van der Waals surface area contributed by atoms with E-state index in [1.54, 1.807) is 30.3 Å². The second-order valence-corrected chi connectivity index (χ2v) is 6.12. The molecule has 134 valence electrons. The average molecular weight is 360 g/mol. The largest absolute Gasteiger partial charge is 0.361 e. The third-order valence-corrected chi connectivity index (χ3v) is 4.21. The second kappa shape index (κ2) is 7.29. The first-order valence-corrected chi connectivity index (χ1v) is 8.51. The van der Waals surface area contributed by atoms with Crippen LogP contribution in [0, 0.1) is 5.82 Å². The van der Waals surface area contributed by atoms with Crippen LogP contribution in [0.4, 0.5) is 21.6 Å². The standard InChI is InChI=1S/C21H17FN4O/c22-17-6-2-4-8-19(17)26-20-10-9-15(13-24-20)25-21(27)11-14-12-23-18-7-3-1-5-16(14)18/h1-10,12-13,23H,11H2,(H,24,26)(H,25,27). The van der Waals surface area contributed by atoms with Gasteiger partial charge < -0.3 is 15.6 Å². The number of nitrogens with one attached hydrogen (secondary N) is 3. The van der Waals surface area contributed by atoms with Crippen LogP contribution in [0.5, 0.6) is 0 Å². The molecule has 0 saturated heterocycles. The molecule has 4 aromatic rings. The van der Waals surface area contributed by atoms with Gasteiger partial charge in [0.1, 0.15) is 11.6 Å². The molecular weight excluding hydrogens is 343 g/mol. The number of hydrogen-bond acceptors (Lipinski definition) is 3. The number of pyridine rings is 1. The van der Waals surface area contributed by atoms with Gasteiger partial charge in [0.2, 0.25) is 5.91 Å². The highest BCUT2D eigenvalue weighted by Gasteiger charge is 2.09. The number of amides is 1. The maximum absolute atomic E-state index is 13.7. The zero-order chi connectivity index (χ0) is 18.6. The molecule has 0 fully saturated rings. The quantitative estimate of drug-likeness (QED) is 0.486. The number of H-pyrrole nitrogens is 1. The summed E-state index contributed by atoms with van der Waals surface area (Å²) in [5, 5.41) is 6.77. The minimum Gasteiger partial charge on any atom is -0.361 e. The summed E-state index contributed by atoms with van der Waals surface area (Å²) < 4.78 is 13.7. The molecule has 6 heteroatoms. The SMILES string of the molecule is O=C(Cc1c[nH]c2ccccc12)Nc1ccc(Nc2ccccc2F)nc1. The van der Waals surface area contributed by atoms with Gasteiger partial charge in [-0.05, 0) is 35.9 Å². The minimum absolute atomic E-state index is 0.128. The number of benzene rings is 2. The number of halogens is 1. The predicted octanol–water partition coefficient (Wildman–Crippen LogP) is 4.63. The van der Waals surface area contributed by atoms with Gasteiger partial charge in [-0.2, -0.15) is 0 Å². The number of aromatic nitrogens is 2. The van der Waals surface area contributed by atoms with Gasteiger partial charge in [-0.3, -0.25) is 4.79 Å². The average Bonchev–Trinajstić information content (AvgIpc) is 3.08. The summed E-state index contributed by atoms with van der Waals surface area (Å²) in [6.45, 7) is 0. The number of para-hydroxylation sites is 2. The molecule has 2 heterocycles. The van der Waals surface area contributed by atoms with Crippen LogP contribution in [0.25, 0.3) is 10.9 Å². The van der Waals surface area contributed by atoms with Gasteiger partial charge in [0.15, 0.2) is 0 Å². The lowest BCUT2D eigenvalue weighted by molar-refractivity contribution is -0.115. The number of rotatable bonds is 5. The lowest BCUT2D eigenvalue weighted by Crippen LogP contribution is -2.14. The Morgan fingerprint density at radius 3 is 2.67 bits per heavy atom. The molecule has 2 aromatic carbocycles. The van der Waals surface area contributed by atoms with Gasteiger partial charge in [0, 0.05) is 17.1 Å². The van der Waals surface area contributed by atoms with Crippen LogP contribution in [0.3, 0.4) is 0 Å². The Morgan fingerprint density at radius 1 is 1.04 bits per heavy atom. The summed E-state index contributed by atoms with van der Waals surface area (Å²) in [4.78, 5) is 19.7. The number of fused-ring (bicyclic) bond motifs is 1. The lowest BCUT2D eigenvalue weighted by Gasteiger charge is -2.08. The van der Waals surface area contributed by atoms with Crippen LogP contribution in [0.15, 0.2) is 73.1 Å². The minimum atomic E-state index is -0.351. The lowest BCUT2D eigenvalue weighted by atomic mass is 10.1. The molecule has 0 aliphatic rings. The van der Waals surface area contributed by atoms with E-state index in [2.05, 4.69) is 20.6 Å². The van der Waals surface area contributed by atoms with E-state index in [0.717, 1.165) is 16.5 Å². The number of carbonyl (C=O) groups is 1. The Balaban J connectivity index is 1.41. The maximum Gasteiger partial charge on any atom is 0.228 e. The van der Waals surface area contributed by atoms with Crippen LogP contribution in [-0.2, 0) is 11.2 Å². The van der Waals surface area contributed by atoms with Gasteiger partial charge in [-0.25, -0.2) is 9.37 Å². The first kappa shape index (κ1) is 16.8. The maximum atomic E-state index is 13.7. The molecule has 2 aromatic heterocycles. The number of anilines is 3. The summed E-state index contributed by atoms with van der Waals surface area (Å²) in [6, 6.07) is 17.6. The van der Waals surface area contributed by atoms with E-state index in [0.29, 0.717) is 17.2 Å². The van der Waals surface area contributed by atoms with Crippen LogP contribution in [0.2, 0.25) is 0 Å². The first-order chi connectivity index (χ1) is 13.2. The Bertz CT molecular complexity index is 1090. The first-order valence-electron chi connectivity index (χ1n) is 8.51. The van der Waals surface area contributed by atoms with Crippen molar-refractivity contribution in [1.82, 2.24) is 9.97 Å². The number of carbonyl (C=O) groups excluding carboxylic acids is 1. The Kier molecular flexibility index (Phi) is 4.53. The van der Waals surface area contributed by atoms with E-state index in [9.17, 15) is 9.18 Å². The van der Waals surface area contributed by atoms with E-state index in [1.165, 1.54) is 12.3 Å². The fourth-order valence-electron chi connectivity index (χ4n) is 2.90. The van der Waals surface area contributed by atoms with E-state index in [4.69, 9.17) is 0 Å². The van der Waals surface area contributed by atoms with Crippen molar-refractivity contribution in [3.05, 3.63) is 84.4 Å². The van der Waals surface area contributed by atoms with Crippen molar-refractivity contribution in [2.75, 3.05) is 10.6 Å². The Morgan fingerprint density at radius 2 is 1.85 bits per heavy atom. The third kappa shape index (κ3) is 3.79. The summed E-state index contributed by atoms with van der Waals surface area (Å²) >= 11 is 0. The summed E-state index contributed by atoms with van der Waals surface area (Å²) in [5.41, 5.74) is 2.87. The van der Waals surface area contributed by atoms with Gasteiger partial charge in [0.25, 0.3) is 0 Å². The van der Waals surface area contributed by atoms with Gasteiger partial charge in [0.05, 0.1) is 24.0 Å². The van der Waals surface area contributed by atoms with Crippen LogP contribution in [0.1, 0.15) is 5.56 Å². The van der Waals surface area contributed by atoms with Crippen molar-refractivity contribution in [2.45, 2.75) is 6.42 Å². The highest BCUT2D eigenvalue weighted by atomic mass is 19.1. The molecule has 0 saturated carbocycles. The van der Waals surface area contributed by atoms with Crippen molar-refractivity contribution in [3.8, 4) is 0 Å². The number of nitrogens with zero attached hydrogens (tertiary/aromatic N) is 1. The molecule has 4 rings (SSSR count). The van der Waals surface area contributed by atoms with Gasteiger partial charge >= 0.3 is 0 Å². The molecule has 0 unspecified atom stereocenters. The number of aromatic amines is 1. The van der Waals surface area contributed by atoms with Crippen molar-refractivity contribution in [2.24, 2.45) is 0 Å². The van der Waals surface area contributed by atoms with Crippen LogP contribution in [-0.4, -0.2) is 15.9 Å². The molecule has 0 bridgehead atoms. The summed E-state index contributed by atoms with van der Waals surface area (Å²) in [6.07, 6.45) is 3.65. The zero-order valence-electron chi connectivity index (χ0n) is 14.4. The summed E-state index contributed by atoms with van der Waals surface area (Å²) in [7, 11) is 0. The Labute approximate surface area is 155 Å². The molecule has 0 atom stereocenters. The molecule has 0 radical (unpaired) electrons. The van der Waals surface area contributed by atoms with Crippen molar-refractivity contribution < 1.29 is 9.18 Å². The second-order valence-electron chi connectivity index (χ2n) is 6.12. The van der Waals surface area contributed by atoms with Gasteiger partial charge in [-0.1, -0.05) is 30.3 Å². The molecule has 0 aliphatic heterocycles. The highest BCUT2D eigenvalue weighted by molar-refractivity contribution is 5.95. The molecule has 27 heavy (non-hydrogen) atoms. The topological polar surface area (TPSA) is 69.8 Å². The zero-order valence-corrected chi connectivity index (χ0v) is 14.4.